The molecule has 0 spiro atoms. The highest BCUT2D eigenvalue weighted by Crippen LogP contribution is 2.38. The molecule has 0 unspecified atom stereocenters. The average molecular weight is 628 g/mol. The smallest absolute Gasteiger partial charge is 0.189 e. The molecule has 3 nitrogen and oxygen atoms in total. The van der Waals surface area contributed by atoms with E-state index in [1.165, 1.54) is 15.6 Å². The Kier molecular flexibility index (Phi) is 7.27. The van der Waals surface area contributed by atoms with Gasteiger partial charge in [0.1, 0.15) is 0 Å². The fourth-order valence-electron chi connectivity index (χ4n) is 7.35. The van der Waals surface area contributed by atoms with E-state index in [9.17, 15) is 5.26 Å². The summed E-state index contributed by atoms with van der Waals surface area (Å²) in [6, 6.07) is 63.8. The number of rotatable bonds is 6. The van der Waals surface area contributed by atoms with Gasteiger partial charge in [-0.05, 0) is 45.0 Å². The van der Waals surface area contributed by atoms with Gasteiger partial charge < -0.3 is 4.57 Å². The van der Waals surface area contributed by atoms with Crippen LogP contribution in [0.4, 0.5) is 5.69 Å². The maximum absolute atomic E-state index is 10.9. The molecule has 0 amide bonds. The standard InChI is InChI=1S/C44H29N3Si/c1-46-33-25-27-41(44(30-33)47-42-23-13-11-21-39(42)40-22-12-14-24-43(40)47)38-28-26-37(29-32(38)31-45)48(34-15-5-2-6-16-34,35-17-7-3-8-18-35)36-19-9-4-10-20-36/h2-30H. The van der Waals surface area contributed by atoms with Crippen molar-refractivity contribution in [3.63, 3.8) is 0 Å². The summed E-state index contributed by atoms with van der Waals surface area (Å²) < 4.78 is 2.24. The molecule has 0 aliphatic carbocycles. The first-order chi connectivity index (χ1) is 23.7. The van der Waals surface area contributed by atoms with Crippen molar-refractivity contribution in [1.29, 1.82) is 5.26 Å². The van der Waals surface area contributed by atoms with Crippen molar-refractivity contribution in [3.05, 3.63) is 193 Å². The van der Waals surface area contributed by atoms with Crippen molar-refractivity contribution in [1.82, 2.24) is 4.57 Å². The predicted molar refractivity (Wildman–Crippen MR) is 201 cm³/mol. The molecule has 8 aromatic rings. The molecule has 0 atom stereocenters. The Hall–Kier alpha value is -6.46. The number of para-hydroxylation sites is 2. The lowest BCUT2D eigenvalue weighted by Gasteiger charge is -2.34. The SMILES string of the molecule is [C-]#[N+]c1ccc(-c2ccc([Si](c3ccccc3)(c3ccccc3)c3ccccc3)cc2C#N)c(-n2c3ccccc3c3ccccc32)c1. The molecule has 7 aromatic carbocycles. The first-order valence-corrected chi connectivity index (χ1v) is 18.0. The maximum atomic E-state index is 10.9. The second kappa shape index (κ2) is 12.0. The molecular formula is C44H29N3Si. The van der Waals surface area contributed by atoms with Crippen LogP contribution in [0.25, 0.3) is 43.5 Å². The lowest BCUT2D eigenvalue weighted by Crippen LogP contribution is -2.74. The molecule has 48 heavy (non-hydrogen) atoms. The van der Waals surface area contributed by atoms with Crippen LogP contribution in [0, 0.1) is 17.9 Å². The highest BCUT2D eigenvalue weighted by molar-refractivity contribution is 7.19. The second-order valence-corrected chi connectivity index (χ2v) is 15.7. The average Bonchev–Trinajstić information content (AvgIpc) is 3.50. The van der Waals surface area contributed by atoms with Gasteiger partial charge in [0.15, 0.2) is 13.8 Å². The van der Waals surface area contributed by atoms with Gasteiger partial charge in [0, 0.05) is 27.6 Å². The molecule has 0 radical (unpaired) electrons. The second-order valence-electron chi connectivity index (χ2n) is 11.9. The van der Waals surface area contributed by atoms with Gasteiger partial charge in [0.05, 0.1) is 29.2 Å². The van der Waals surface area contributed by atoms with Gasteiger partial charge in [0.25, 0.3) is 0 Å². The summed E-state index contributed by atoms with van der Waals surface area (Å²) in [5.74, 6) is 0. The van der Waals surface area contributed by atoms with Gasteiger partial charge in [0.2, 0.25) is 0 Å². The molecular weight excluding hydrogens is 599 g/mol. The molecule has 1 aromatic heterocycles. The van der Waals surface area contributed by atoms with E-state index in [0.29, 0.717) is 11.3 Å². The minimum absolute atomic E-state index is 0.550. The highest BCUT2D eigenvalue weighted by Gasteiger charge is 2.41. The molecule has 0 saturated heterocycles. The number of hydrogen-bond donors (Lipinski definition) is 0. The van der Waals surface area contributed by atoms with Crippen molar-refractivity contribution < 1.29 is 0 Å². The van der Waals surface area contributed by atoms with Gasteiger partial charge in [-0.1, -0.05) is 152 Å². The Balaban J connectivity index is 1.42. The maximum Gasteiger partial charge on any atom is 0.189 e. The summed E-state index contributed by atoms with van der Waals surface area (Å²) >= 11 is 0. The van der Waals surface area contributed by atoms with E-state index >= 15 is 0 Å². The molecule has 8 rings (SSSR count). The largest absolute Gasteiger partial charge is 0.310 e. The monoisotopic (exact) mass is 627 g/mol. The third kappa shape index (κ3) is 4.55. The van der Waals surface area contributed by atoms with Crippen molar-refractivity contribution in [2.45, 2.75) is 0 Å². The van der Waals surface area contributed by atoms with Crippen LogP contribution in [0.2, 0.25) is 0 Å². The molecule has 1 heterocycles. The Morgan fingerprint density at radius 1 is 0.500 bits per heavy atom. The molecule has 0 fully saturated rings. The number of aromatic nitrogens is 1. The van der Waals surface area contributed by atoms with E-state index in [1.807, 2.05) is 30.3 Å². The topological polar surface area (TPSA) is 33.1 Å². The summed E-state index contributed by atoms with van der Waals surface area (Å²) in [5, 5.41) is 18.1. The van der Waals surface area contributed by atoms with Gasteiger partial charge in [-0.2, -0.15) is 5.26 Å². The highest BCUT2D eigenvalue weighted by atomic mass is 28.3. The molecule has 0 bridgehead atoms. The van der Waals surface area contributed by atoms with Crippen molar-refractivity contribution in [2.24, 2.45) is 0 Å². The van der Waals surface area contributed by atoms with E-state index in [4.69, 9.17) is 6.57 Å². The van der Waals surface area contributed by atoms with Crippen LogP contribution in [0.3, 0.4) is 0 Å². The van der Waals surface area contributed by atoms with Crippen LogP contribution in [-0.4, -0.2) is 12.6 Å². The molecule has 0 saturated carbocycles. The zero-order valence-electron chi connectivity index (χ0n) is 26.1. The van der Waals surface area contributed by atoms with Gasteiger partial charge in [-0.3, -0.25) is 0 Å². The Morgan fingerprint density at radius 3 is 1.48 bits per heavy atom. The van der Waals surface area contributed by atoms with E-state index in [-0.39, 0.29) is 0 Å². The first kappa shape index (κ1) is 29.0. The quantitative estimate of drug-likeness (QED) is 0.104. The summed E-state index contributed by atoms with van der Waals surface area (Å²) in [6.45, 7) is 7.86. The molecule has 0 aliphatic heterocycles. The van der Waals surface area contributed by atoms with Crippen molar-refractivity contribution >= 4 is 56.3 Å². The summed E-state index contributed by atoms with van der Waals surface area (Å²) in [4.78, 5) is 3.80. The van der Waals surface area contributed by atoms with E-state index in [2.05, 4.69) is 161 Å². The Labute approximate surface area is 281 Å². The first-order valence-electron chi connectivity index (χ1n) is 16.0. The van der Waals surface area contributed by atoms with Crippen LogP contribution in [0.1, 0.15) is 5.56 Å². The zero-order chi connectivity index (χ0) is 32.5. The van der Waals surface area contributed by atoms with Crippen LogP contribution in [0.15, 0.2) is 176 Å². The lowest BCUT2D eigenvalue weighted by molar-refractivity contribution is 1.18. The number of nitrogens with zero attached hydrogens (tertiary/aromatic N) is 3. The van der Waals surface area contributed by atoms with E-state index < -0.39 is 8.07 Å². The van der Waals surface area contributed by atoms with Gasteiger partial charge in [-0.25, -0.2) is 4.85 Å². The summed E-state index contributed by atoms with van der Waals surface area (Å²) in [7, 11) is -2.82. The van der Waals surface area contributed by atoms with Gasteiger partial charge >= 0.3 is 0 Å². The Bertz CT molecular complexity index is 2370. The van der Waals surface area contributed by atoms with Crippen LogP contribution >= 0.6 is 0 Å². The normalized spacial score (nSPS) is 11.3. The minimum Gasteiger partial charge on any atom is -0.310 e. The molecule has 224 valence electrons. The van der Waals surface area contributed by atoms with Crippen LogP contribution < -0.4 is 20.7 Å². The predicted octanol–water partition coefficient (Wildman–Crippen LogP) is 8.25. The number of nitriles is 1. The summed E-state index contributed by atoms with van der Waals surface area (Å²) in [5.41, 5.74) is 5.89. The zero-order valence-corrected chi connectivity index (χ0v) is 27.1. The third-order valence-electron chi connectivity index (χ3n) is 9.42. The van der Waals surface area contributed by atoms with Crippen molar-refractivity contribution in [3.8, 4) is 22.9 Å². The number of benzene rings is 7. The lowest BCUT2D eigenvalue weighted by atomic mass is 9.98. The van der Waals surface area contributed by atoms with Crippen molar-refractivity contribution in [2.75, 3.05) is 0 Å². The van der Waals surface area contributed by atoms with Gasteiger partial charge in [-0.15, -0.1) is 0 Å². The fourth-order valence-corrected chi connectivity index (χ4v) is 12.1. The fraction of sp³-hybridized carbons (Fsp3) is 0. The molecule has 4 heteroatoms. The van der Waals surface area contributed by atoms with E-state index in [1.54, 1.807) is 0 Å². The Morgan fingerprint density at radius 2 is 0.979 bits per heavy atom. The molecule has 0 aliphatic rings. The van der Waals surface area contributed by atoms with Crippen LogP contribution in [-0.2, 0) is 0 Å². The molecule has 0 N–H and O–H groups in total. The van der Waals surface area contributed by atoms with E-state index in [0.717, 1.165) is 43.8 Å². The minimum atomic E-state index is -2.82. The summed E-state index contributed by atoms with van der Waals surface area (Å²) in [6.07, 6.45) is 0. The number of hydrogen-bond acceptors (Lipinski definition) is 1. The number of fused-ring (bicyclic) bond motifs is 3. The third-order valence-corrected chi connectivity index (χ3v) is 14.2. The van der Waals surface area contributed by atoms with Crippen LogP contribution in [0.5, 0.6) is 0 Å².